The van der Waals surface area contributed by atoms with Gasteiger partial charge in [-0.2, -0.15) is 0 Å². The van der Waals surface area contributed by atoms with E-state index in [1.807, 2.05) is 25.4 Å². The maximum atomic E-state index is 6.29. The first kappa shape index (κ1) is 24.4. The Morgan fingerprint density at radius 3 is 2.69 bits per heavy atom. The van der Waals surface area contributed by atoms with Gasteiger partial charge in [-0.05, 0) is 50.4 Å². The summed E-state index contributed by atoms with van der Waals surface area (Å²) in [5.74, 6) is 1.56. The standard InChI is InChI=1S/C21H30ClN5S.HI/c1-16-13-25-20(28-16)7-10-24-21(23-2)26-14-17-8-11-27(12-9-17)15-18-5-3-4-6-19(18)22;/h3-6,13,17H,7-12,14-15H2,1-2H3,(H2,23,24,26);1H. The molecule has 0 radical (unpaired) electrons. The third-order valence-corrected chi connectivity index (χ3v) is 6.48. The maximum Gasteiger partial charge on any atom is 0.190 e. The van der Waals surface area contributed by atoms with Crippen LogP contribution >= 0.6 is 46.9 Å². The third kappa shape index (κ3) is 8.03. The number of likely N-dealkylation sites (tertiary alicyclic amines) is 1. The molecule has 8 heteroatoms. The van der Waals surface area contributed by atoms with E-state index in [0.29, 0.717) is 5.92 Å². The predicted molar refractivity (Wildman–Crippen MR) is 135 cm³/mol. The number of aliphatic imine (C=N–C) groups is 1. The van der Waals surface area contributed by atoms with Gasteiger partial charge >= 0.3 is 0 Å². The van der Waals surface area contributed by atoms with Gasteiger partial charge in [-0.1, -0.05) is 29.8 Å². The van der Waals surface area contributed by atoms with Crippen molar-refractivity contribution >= 4 is 52.9 Å². The molecule has 1 aromatic heterocycles. The van der Waals surface area contributed by atoms with Gasteiger partial charge in [-0.25, -0.2) is 4.98 Å². The Kier molecular flexibility index (Phi) is 10.7. The topological polar surface area (TPSA) is 52.6 Å². The lowest BCUT2D eigenvalue weighted by molar-refractivity contribution is 0.178. The number of thiazole rings is 1. The van der Waals surface area contributed by atoms with Crippen LogP contribution in [0.15, 0.2) is 35.5 Å². The number of hydrogen-bond donors (Lipinski definition) is 2. The molecule has 29 heavy (non-hydrogen) atoms. The highest BCUT2D eigenvalue weighted by atomic mass is 127. The summed E-state index contributed by atoms with van der Waals surface area (Å²) in [4.78, 5) is 12.5. The minimum absolute atomic E-state index is 0. The van der Waals surface area contributed by atoms with Crippen molar-refractivity contribution in [1.29, 1.82) is 0 Å². The summed E-state index contributed by atoms with van der Waals surface area (Å²) in [6.45, 7) is 7.09. The summed E-state index contributed by atoms with van der Waals surface area (Å²) in [6.07, 6.45) is 5.27. The highest BCUT2D eigenvalue weighted by molar-refractivity contribution is 14.0. The Labute approximate surface area is 200 Å². The molecule has 0 amide bonds. The minimum Gasteiger partial charge on any atom is -0.356 e. The van der Waals surface area contributed by atoms with Crippen molar-refractivity contribution in [3.8, 4) is 0 Å². The van der Waals surface area contributed by atoms with Gasteiger partial charge in [0.25, 0.3) is 0 Å². The van der Waals surface area contributed by atoms with Crippen molar-refractivity contribution < 1.29 is 0 Å². The number of hydrogen-bond acceptors (Lipinski definition) is 4. The molecule has 1 saturated heterocycles. The summed E-state index contributed by atoms with van der Waals surface area (Å²) in [6, 6.07) is 8.15. The lowest BCUT2D eigenvalue weighted by Crippen LogP contribution is -2.43. The van der Waals surface area contributed by atoms with Gasteiger partial charge in [-0.3, -0.25) is 9.89 Å². The van der Waals surface area contributed by atoms with Crippen LogP contribution in [0.25, 0.3) is 0 Å². The summed E-state index contributed by atoms with van der Waals surface area (Å²) in [5, 5.41) is 8.92. The van der Waals surface area contributed by atoms with Crippen LogP contribution in [0.4, 0.5) is 0 Å². The first-order chi connectivity index (χ1) is 13.6. The van der Waals surface area contributed by atoms with Crippen molar-refractivity contribution in [3.05, 3.63) is 50.9 Å². The van der Waals surface area contributed by atoms with Crippen molar-refractivity contribution in [2.75, 3.05) is 33.2 Å². The van der Waals surface area contributed by atoms with Gasteiger partial charge < -0.3 is 10.6 Å². The first-order valence-electron chi connectivity index (χ1n) is 9.95. The van der Waals surface area contributed by atoms with E-state index in [4.69, 9.17) is 11.6 Å². The van der Waals surface area contributed by atoms with Crippen LogP contribution in [0.5, 0.6) is 0 Å². The fraction of sp³-hybridized carbons (Fsp3) is 0.524. The number of rotatable bonds is 7. The maximum absolute atomic E-state index is 6.29. The Bertz CT molecular complexity index is 774. The van der Waals surface area contributed by atoms with E-state index < -0.39 is 0 Å². The summed E-state index contributed by atoms with van der Waals surface area (Å²) in [5.41, 5.74) is 1.22. The molecule has 2 N–H and O–H groups in total. The monoisotopic (exact) mass is 547 g/mol. The lowest BCUT2D eigenvalue weighted by atomic mass is 9.96. The largest absolute Gasteiger partial charge is 0.356 e. The molecular weight excluding hydrogens is 517 g/mol. The van der Waals surface area contributed by atoms with Gasteiger partial charge in [0.1, 0.15) is 0 Å². The van der Waals surface area contributed by atoms with Gasteiger partial charge in [0.2, 0.25) is 0 Å². The van der Waals surface area contributed by atoms with Gasteiger partial charge in [0, 0.05) is 49.2 Å². The molecule has 0 spiro atoms. The number of nitrogens with zero attached hydrogens (tertiary/aromatic N) is 3. The third-order valence-electron chi connectivity index (χ3n) is 5.14. The van der Waals surface area contributed by atoms with E-state index in [0.717, 1.165) is 50.1 Å². The van der Waals surface area contributed by atoms with Crippen LogP contribution in [-0.4, -0.2) is 49.1 Å². The predicted octanol–water partition coefficient (Wildman–Crippen LogP) is 4.34. The quantitative estimate of drug-likeness (QED) is 0.308. The number of guanidine groups is 1. The first-order valence-corrected chi connectivity index (χ1v) is 11.1. The molecule has 1 fully saturated rings. The van der Waals surface area contributed by atoms with Crippen LogP contribution in [0.2, 0.25) is 5.02 Å². The molecule has 3 rings (SSSR count). The molecule has 2 aromatic rings. The summed E-state index contributed by atoms with van der Waals surface area (Å²) < 4.78 is 0. The Morgan fingerprint density at radius 1 is 1.28 bits per heavy atom. The molecule has 160 valence electrons. The average molecular weight is 548 g/mol. The minimum atomic E-state index is 0. The number of benzene rings is 1. The Hall–Kier alpha value is -0.900. The summed E-state index contributed by atoms with van der Waals surface area (Å²) >= 11 is 8.05. The SMILES string of the molecule is CN=C(NCCc1ncc(C)s1)NCC1CCN(Cc2ccccc2Cl)CC1.I. The van der Waals surface area contributed by atoms with E-state index in [1.165, 1.54) is 28.3 Å². The second-order valence-corrected chi connectivity index (χ2v) is 9.03. The fourth-order valence-corrected chi connectivity index (χ4v) is 4.46. The highest BCUT2D eigenvalue weighted by Gasteiger charge is 2.20. The lowest BCUT2D eigenvalue weighted by Gasteiger charge is -2.32. The number of aryl methyl sites for hydroxylation is 1. The number of piperidine rings is 1. The van der Waals surface area contributed by atoms with Gasteiger partial charge in [0.05, 0.1) is 5.01 Å². The second kappa shape index (κ2) is 12.7. The number of nitrogens with one attached hydrogen (secondary N) is 2. The molecule has 1 aliphatic heterocycles. The van der Waals surface area contributed by atoms with Gasteiger partial charge in [0.15, 0.2) is 5.96 Å². The molecule has 0 saturated carbocycles. The molecule has 0 bridgehead atoms. The molecule has 1 aliphatic rings. The van der Waals surface area contributed by atoms with E-state index in [-0.39, 0.29) is 24.0 Å². The van der Waals surface area contributed by atoms with E-state index in [9.17, 15) is 0 Å². The van der Waals surface area contributed by atoms with Crippen molar-refractivity contribution in [2.24, 2.45) is 10.9 Å². The van der Waals surface area contributed by atoms with E-state index in [2.05, 4.69) is 44.6 Å². The zero-order valence-corrected chi connectivity index (χ0v) is 21.1. The molecule has 2 heterocycles. The van der Waals surface area contributed by atoms with Crippen LogP contribution in [0.1, 0.15) is 28.3 Å². The molecule has 0 unspecified atom stereocenters. The highest BCUT2D eigenvalue weighted by Crippen LogP contribution is 2.22. The van der Waals surface area contributed by atoms with E-state index >= 15 is 0 Å². The fourth-order valence-electron chi connectivity index (χ4n) is 3.48. The molecule has 5 nitrogen and oxygen atoms in total. The molecular formula is C21H31ClIN5S. The van der Waals surface area contributed by atoms with Crippen molar-refractivity contribution in [1.82, 2.24) is 20.5 Å². The van der Waals surface area contributed by atoms with E-state index in [1.54, 1.807) is 11.3 Å². The number of aromatic nitrogens is 1. The normalized spacial score (nSPS) is 15.8. The summed E-state index contributed by atoms with van der Waals surface area (Å²) in [7, 11) is 1.83. The van der Waals surface area contributed by atoms with Crippen LogP contribution in [-0.2, 0) is 13.0 Å². The van der Waals surface area contributed by atoms with Crippen LogP contribution in [0, 0.1) is 12.8 Å². The zero-order chi connectivity index (χ0) is 19.8. The second-order valence-electron chi connectivity index (χ2n) is 7.31. The zero-order valence-electron chi connectivity index (χ0n) is 17.2. The molecule has 0 aliphatic carbocycles. The van der Waals surface area contributed by atoms with Crippen LogP contribution in [0.3, 0.4) is 0 Å². The Morgan fingerprint density at radius 2 is 2.03 bits per heavy atom. The number of halogens is 2. The van der Waals surface area contributed by atoms with Crippen molar-refractivity contribution in [3.63, 3.8) is 0 Å². The average Bonchev–Trinajstić information content (AvgIpc) is 3.12. The smallest absolute Gasteiger partial charge is 0.190 e. The Balaban J connectivity index is 0.00000300. The van der Waals surface area contributed by atoms with Gasteiger partial charge in [-0.15, -0.1) is 35.3 Å². The molecule has 1 aromatic carbocycles. The van der Waals surface area contributed by atoms with Crippen molar-refractivity contribution in [2.45, 2.75) is 32.7 Å². The van der Waals surface area contributed by atoms with Crippen LogP contribution < -0.4 is 10.6 Å². The molecule has 0 atom stereocenters.